The van der Waals surface area contributed by atoms with Gasteiger partial charge in [-0.1, -0.05) is 103 Å². The lowest BCUT2D eigenvalue weighted by Crippen LogP contribution is -2.64. The Morgan fingerprint density at radius 2 is 1.00 bits per heavy atom. The van der Waals surface area contributed by atoms with Gasteiger partial charge in [0.25, 0.3) is 0 Å². The van der Waals surface area contributed by atoms with Crippen LogP contribution in [0.25, 0.3) is 0 Å². The fourth-order valence-electron chi connectivity index (χ4n) is 5.77. The monoisotopic (exact) mass is 654 g/mol. The highest BCUT2D eigenvalue weighted by Gasteiger charge is 2.50. The first kappa shape index (κ1) is 40.1. The SMILES string of the molecule is CCCCCCCCCCCCCCCCCCSCCO[C@@H]1O[C@H](CO)[C@H](O[C@@H]2O[C@H](CO)[C@H](O)[C@H](O)[C@H]2O)[C@H](O)[C@H]1O. The molecule has 0 saturated carbocycles. The quantitative estimate of drug-likeness (QED) is 0.0717. The van der Waals surface area contributed by atoms with E-state index in [-0.39, 0.29) is 6.61 Å². The molecule has 10 atom stereocenters. The van der Waals surface area contributed by atoms with Gasteiger partial charge in [-0.3, -0.25) is 0 Å². The minimum absolute atomic E-state index is 0.286. The van der Waals surface area contributed by atoms with Crippen molar-refractivity contribution < 1.29 is 54.7 Å². The molecule has 0 bridgehead atoms. The van der Waals surface area contributed by atoms with Gasteiger partial charge in [0.2, 0.25) is 0 Å². The molecule has 44 heavy (non-hydrogen) atoms. The maximum Gasteiger partial charge on any atom is 0.187 e. The molecular weight excluding hydrogens is 592 g/mol. The van der Waals surface area contributed by atoms with Gasteiger partial charge in [0.05, 0.1) is 19.8 Å². The van der Waals surface area contributed by atoms with Crippen LogP contribution in [0.5, 0.6) is 0 Å². The molecular formula is C32H62O11S. The van der Waals surface area contributed by atoms with Gasteiger partial charge in [0.1, 0.15) is 48.8 Å². The van der Waals surface area contributed by atoms with E-state index in [0.717, 1.165) is 12.2 Å². The molecule has 2 fully saturated rings. The summed E-state index contributed by atoms with van der Waals surface area (Å²) >= 11 is 1.76. The minimum Gasteiger partial charge on any atom is -0.394 e. The first-order chi connectivity index (χ1) is 21.3. The van der Waals surface area contributed by atoms with Crippen LogP contribution in [0.1, 0.15) is 110 Å². The lowest BCUT2D eigenvalue weighted by atomic mass is 9.97. The van der Waals surface area contributed by atoms with Crippen LogP contribution in [0.2, 0.25) is 0 Å². The van der Waals surface area contributed by atoms with Crippen molar-refractivity contribution in [1.82, 2.24) is 0 Å². The number of unbranched alkanes of at least 4 members (excludes halogenated alkanes) is 15. The predicted octanol–water partition coefficient (Wildman–Crippen LogP) is 2.62. The maximum absolute atomic E-state index is 10.7. The predicted molar refractivity (Wildman–Crippen MR) is 169 cm³/mol. The topological polar surface area (TPSA) is 179 Å². The molecule has 0 radical (unpaired) electrons. The lowest BCUT2D eigenvalue weighted by Gasteiger charge is -2.45. The molecule has 7 N–H and O–H groups in total. The normalized spacial score (nSPS) is 32.7. The molecule has 2 aliphatic heterocycles. The number of rotatable bonds is 25. The van der Waals surface area contributed by atoms with E-state index in [9.17, 15) is 35.7 Å². The van der Waals surface area contributed by atoms with Crippen molar-refractivity contribution in [2.75, 3.05) is 31.3 Å². The molecule has 0 amide bonds. The van der Waals surface area contributed by atoms with Crippen LogP contribution in [0, 0.1) is 0 Å². The summed E-state index contributed by atoms with van der Waals surface area (Å²) in [5, 5.41) is 70.6. The summed E-state index contributed by atoms with van der Waals surface area (Å²) in [5.41, 5.74) is 0. The average Bonchev–Trinajstić information content (AvgIpc) is 3.03. The molecule has 2 aliphatic rings. The maximum atomic E-state index is 10.7. The highest BCUT2D eigenvalue weighted by atomic mass is 32.2. The van der Waals surface area contributed by atoms with Crippen LogP contribution in [0.3, 0.4) is 0 Å². The fourth-order valence-corrected chi connectivity index (χ4v) is 6.60. The van der Waals surface area contributed by atoms with Gasteiger partial charge in [0, 0.05) is 5.75 Å². The van der Waals surface area contributed by atoms with E-state index < -0.39 is 74.6 Å². The third-order valence-corrected chi connectivity index (χ3v) is 9.65. The van der Waals surface area contributed by atoms with Gasteiger partial charge in [-0.2, -0.15) is 11.8 Å². The summed E-state index contributed by atoms with van der Waals surface area (Å²) in [7, 11) is 0. The van der Waals surface area contributed by atoms with E-state index >= 15 is 0 Å². The van der Waals surface area contributed by atoms with E-state index in [4.69, 9.17) is 18.9 Å². The number of hydrogen-bond donors (Lipinski definition) is 7. The Hall–Kier alpha value is -0.0900. The van der Waals surface area contributed by atoms with Gasteiger partial charge in [-0.05, 0) is 12.2 Å². The van der Waals surface area contributed by atoms with E-state index in [1.54, 1.807) is 11.8 Å². The summed E-state index contributed by atoms with van der Waals surface area (Å²) in [6.07, 6.45) is 7.12. The summed E-state index contributed by atoms with van der Waals surface area (Å²) < 4.78 is 22.2. The number of aliphatic hydroxyl groups excluding tert-OH is 7. The van der Waals surface area contributed by atoms with Gasteiger partial charge >= 0.3 is 0 Å². The molecule has 12 heteroatoms. The third kappa shape index (κ3) is 14.4. The lowest BCUT2D eigenvalue weighted by molar-refractivity contribution is -0.359. The van der Waals surface area contributed by atoms with Crippen molar-refractivity contribution in [1.29, 1.82) is 0 Å². The molecule has 0 aromatic carbocycles. The van der Waals surface area contributed by atoms with Crippen LogP contribution in [-0.4, -0.2) is 128 Å². The zero-order valence-electron chi connectivity index (χ0n) is 26.8. The second-order valence-corrected chi connectivity index (χ2v) is 13.5. The Labute approximate surface area is 268 Å². The Kier molecular flexibility index (Phi) is 22.0. The first-order valence-electron chi connectivity index (χ1n) is 17.1. The zero-order chi connectivity index (χ0) is 32.2. The van der Waals surface area contributed by atoms with Crippen molar-refractivity contribution in [2.45, 2.75) is 171 Å². The van der Waals surface area contributed by atoms with Gasteiger partial charge in [0.15, 0.2) is 12.6 Å². The molecule has 262 valence electrons. The van der Waals surface area contributed by atoms with Crippen LogP contribution < -0.4 is 0 Å². The summed E-state index contributed by atoms with van der Waals surface area (Å²) in [6.45, 7) is 1.32. The summed E-state index contributed by atoms with van der Waals surface area (Å²) in [4.78, 5) is 0. The van der Waals surface area contributed by atoms with E-state index in [1.165, 1.54) is 96.3 Å². The number of ether oxygens (including phenoxy) is 4. The van der Waals surface area contributed by atoms with E-state index in [2.05, 4.69) is 6.92 Å². The van der Waals surface area contributed by atoms with E-state index in [1.807, 2.05) is 0 Å². The Morgan fingerprint density at radius 3 is 1.52 bits per heavy atom. The second kappa shape index (κ2) is 24.1. The summed E-state index contributed by atoms with van der Waals surface area (Å²) in [5.74, 6) is 1.71. The molecule has 2 heterocycles. The van der Waals surface area contributed by atoms with Crippen molar-refractivity contribution in [3.05, 3.63) is 0 Å². The highest BCUT2D eigenvalue weighted by molar-refractivity contribution is 7.99. The molecule has 11 nitrogen and oxygen atoms in total. The average molecular weight is 655 g/mol. The second-order valence-electron chi connectivity index (χ2n) is 12.3. The smallest absolute Gasteiger partial charge is 0.187 e. The Balaban J connectivity index is 1.49. The molecule has 0 aliphatic carbocycles. The molecule has 0 spiro atoms. The molecule has 2 saturated heterocycles. The molecule has 0 aromatic heterocycles. The fraction of sp³-hybridized carbons (Fsp3) is 1.00. The molecule has 0 unspecified atom stereocenters. The number of thioether (sulfide) groups is 1. The van der Waals surface area contributed by atoms with Gasteiger partial charge < -0.3 is 54.7 Å². The van der Waals surface area contributed by atoms with Crippen LogP contribution in [-0.2, 0) is 18.9 Å². The number of hydrogen-bond acceptors (Lipinski definition) is 12. The minimum atomic E-state index is -1.70. The van der Waals surface area contributed by atoms with Crippen LogP contribution in [0.15, 0.2) is 0 Å². The van der Waals surface area contributed by atoms with Crippen molar-refractivity contribution in [2.24, 2.45) is 0 Å². The zero-order valence-corrected chi connectivity index (χ0v) is 27.6. The molecule has 0 aromatic rings. The largest absolute Gasteiger partial charge is 0.394 e. The number of aliphatic hydroxyl groups is 7. The Bertz CT molecular complexity index is 689. The van der Waals surface area contributed by atoms with Crippen molar-refractivity contribution in [3.8, 4) is 0 Å². The molecule has 2 rings (SSSR count). The van der Waals surface area contributed by atoms with Crippen molar-refractivity contribution >= 4 is 11.8 Å². The van der Waals surface area contributed by atoms with Crippen LogP contribution in [0.4, 0.5) is 0 Å². The van der Waals surface area contributed by atoms with Crippen molar-refractivity contribution in [3.63, 3.8) is 0 Å². The van der Waals surface area contributed by atoms with Gasteiger partial charge in [-0.15, -0.1) is 0 Å². The highest BCUT2D eigenvalue weighted by Crippen LogP contribution is 2.29. The van der Waals surface area contributed by atoms with E-state index in [0.29, 0.717) is 5.75 Å². The van der Waals surface area contributed by atoms with Gasteiger partial charge in [-0.25, -0.2) is 0 Å². The summed E-state index contributed by atoms with van der Waals surface area (Å²) in [6, 6.07) is 0. The first-order valence-corrected chi connectivity index (χ1v) is 18.3. The standard InChI is InChI=1S/C32H62O11S/c1-2-3-4-5-6-7-8-9-10-11-12-13-14-15-16-17-19-44-20-18-40-31-29(39)27(37)30(24(22-34)42-31)43-32-28(38)26(36)25(35)23(21-33)41-32/h23-39H,2-22H2,1H3/t23-,24-,25+,26+,27-,28-,29-,30+,31-,32+/m1/s1. The third-order valence-electron chi connectivity index (χ3n) is 8.61. The van der Waals surface area contributed by atoms with Crippen LogP contribution >= 0.6 is 11.8 Å². The Morgan fingerprint density at radius 1 is 0.523 bits per heavy atom.